The van der Waals surface area contributed by atoms with Crippen molar-refractivity contribution in [1.82, 2.24) is 0 Å². The van der Waals surface area contributed by atoms with Crippen LogP contribution in [-0.2, 0) is 0 Å². The third-order valence-electron chi connectivity index (χ3n) is 3.96. The molecular formula is C21H19NO3. The maximum absolute atomic E-state index is 12.6. The van der Waals surface area contributed by atoms with E-state index in [1.807, 2.05) is 30.3 Å². The minimum atomic E-state index is -0.899. The summed E-state index contributed by atoms with van der Waals surface area (Å²) in [6.45, 7) is 0. The van der Waals surface area contributed by atoms with Gasteiger partial charge in [0.1, 0.15) is 11.9 Å². The summed E-state index contributed by atoms with van der Waals surface area (Å²) in [5, 5.41) is 13.6. The number of ether oxygens (including phenoxy) is 1. The molecule has 0 bridgehead atoms. The van der Waals surface area contributed by atoms with Crippen molar-refractivity contribution < 1.29 is 14.6 Å². The fourth-order valence-electron chi connectivity index (χ4n) is 2.63. The van der Waals surface area contributed by atoms with Gasteiger partial charge in [-0.3, -0.25) is 4.79 Å². The highest BCUT2D eigenvalue weighted by atomic mass is 16.5. The van der Waals surface area contributed by atoms with Gasteiger partial charge in [0.2, 0.25) is 0 Å². The zero-order valence-corrected chi connectivity index (χ0v) is 13.8. The van der Waals surface area contributed by atoms with Crippen molar-refractivity contribution in [3.63, 3.8) is 0 Å². The number of carbonyl (C=O) groups is 1. The summed E-state index contributed by atoms with van der Waals surface area (Å²) in [7, 11) is 1.59. The first-order valence-corrected chi connectivity index (χ1v) is 7.96. The van der Waals surface area contributed by atoms with Crippen LogP contribution in [0.4, 0.5) is 5.69 Å². The van der Waals surface area contributed by atoms with E-state index >= 15 is 0 Å². The van der Waals surface area contributed by atoms with Crippen LogP contribution in [-0.4, -0.2) is 18.1 Å². The summed E-state index contributed by atoms with van der Waals surface area (Å²) >= 11 is 0. The monoisotopic (exact) mass is 333 g/mol. The van der Waals surface area contributed by atoms with E-state index in [1.54, 1.807) is 55.6 Å². The van der Waals surface area contributed by atoms with Gasteiger partial charge in [-0.15, -0.1) is 0 Å². The van der Waals surface area contributed by atoms with Gasteiger partial charge in [-0.1, -0.05) is 48.5 Å². The molecule has 0 aliphatic rings. The quantitative estimate of drug-likeness (QED) is 0.741. The number of benzene rings is 3. The number of carbonyl (C=O) groups excluding carboxylic acids is 1. The van der Waals surface area contributed by atoms with E-state index in [0.717, 1.165) is 0 Å². The Morgan fingerprint density at radius 3 is 2.24 bits per heavy atom. The van der Waals surface area contributed by atoms with E-state index in [1.165, 1.54) is 0 Å². The Labute approximate surface area is 146 Å². The van der Waals surface area contributed by atoms with Crippen molar-refractivity contribution in [2.24, 2.45) is 0 Å². The molecule has 0 unspecified atom stereocenters. The van der Waals surface area contributed by atoms with E-state index in [2.05, 4.69) is 5.32 Å². The van der Waals surface area contributed by atoms with Crippen LogP contribution in [0.15, 0.2) is 78.9 Å². The smallest absolute Gasteiger partial charge is 0.256 e. The molecule has 3 aromatic carbocycles. The molecule has 4 heteroatoms. The first kappa shape index (κ1) is 16.7. The van der Waals surface area contributed by atoms with Gasteiger partial charge in [-0.25, -0.2) is 0 Å². The predicted octanol–water partition coefficient (Wildman–Crippen LogP) is 4.03. The lowest BCUT2D eigenvalue weighted by molar-refractivity contribution is 0.102. The van der Waals surface area contributed by atoms with Gasteiger partial charge < -0.3 is 15.2 Å². The van der Waals surface area contributed by atoms with Crippen molar-refractivity contribution in [2.45, 2.75) is 6.10 Å². The minimum absolute atomic E-state index is 0.255. The molecule has 0 heterocycles. The zero-order valence-electron chi connectivity index (χ0n) is 13.8. The van der Waals surface area contributed by atoms with Crippen LogP contribution in [0.5, 0.6) is 5.75 Å². The molecule has 0 saturated heterocycles. The second-order valence-corrected chi connectivity index (χ2v) is 5.58. The second kappa shape index (κ2) is 7.64. The Kier molecular flexibility index (Phi) is 5.11. The van der Waals surface area contributed by atoms with Gasteiger partial charge in [0.25, 0.3) is 5.91 Å². The molecule has 0 aliphatic heterocycles. The Balaban J connectivity index is 1.88. The van der Waals surface area contributed by atoms with Crippen molar-refractivity contribution in [3.05, 3.63) is 95.6 Å². The Hall–Kier alpha value is -3.11. The average Bonchev–Trinajstić information content (AvgIpc) is 2.68. The van der Waals surface area contributed by atoms with Crippen molar-refractivity contribution in [1.29, 1.82) is 0 Å². The molecule has 1 atom stereocenters. The molecule has 0 aliphatic carbocycles. The number of methoxy groups -OCH3 is 1. The third-order valence-corrected chi connectivity index (χ3v) is 3.96. The topological polar surface area (TPSA) is 58.6 Å². The lowest BCUT2D eigenvalue weighted by Gasteiger charge is -2.16. The highest BCUT2D eigenvalue weighted by Gasteiger charge is 2.18. The number of aliphatic hydroxyl groups is 1. The van der Waals surface area contributed by atoms with Gasteiger partial charge in [0.05, 0.1) is 7.11 Å². The molecular weight excluding hydrogens is 314 g/mol. The van der Waals surface area contributed by atoms with E-state index in [9.17, 15) is 9.90 Å². The Bertz CT molecular complexity index is 845. The van der Waals surface area contributed by atoms with Crippen molar-refractivity contribution in [3.8, 4) is 5.75 Å². The molecule has 126 valence electrons. The van der Waals surface area contributed by atoms with Crippen LogP contribution in [0.3, 0.4) is 0 Å². The van der Waals surface area contributed by atoms with E-state index < -0.39 is 6.10 Å². The average molecular weight is 333 g/mol. The van der Waals surface area contributed by atoms with Gasteiger partial charge in [-0.2, -0.15) is 0 Å². The number of amides is 1. The highest BCUT2D eigenvalue weighted by molar-refractivity contribution is 6.05. The molecule has 0 fully saturated rings. The number of nitrogens with one attached hydrogen (secondary N) is 1. The summed E-state index contributed by atoms with van der Waals surface area (Å²) in [4.78, 5) is 12.6. The molecule has 0 aromatic heterocycles. The number of hydrogen-bond acceptors (Lipinski definition) is 3. The molecule has 1 amide bonds. The van der Waals surface area contributed by atoms with Gasteiger partial charge in [0, 0.05) is 11.3 Å². The van der Waals surface area contributed by atoms with Crippen LogP contribution in [0, 0.1) is 0 Å². The van der Waals surface area contributed by atoms with Crippen LogP contribution < -0.4 is 10.1 Å². The first-order valence-electron chi connectivity index (χ1n) is 7.96. The largest absolute Gasteiger partial charge is 0.497 e. The first-order chi connectivity index (χ1) is 12.2. The summed E-state index contributed by atoms with van der Waals surface area (Å²) in [5.41, 5.74) is 2.40. The van der Waals surface area contributed by atoms with E-state index in [-0.39, 0.29) is 5.91 Å². The lowest BCUT2D eigenvalue weighted by Crippen LogP contribution is -2.16. The van der Waals surface area contributed by atoms with Gasteiger partial charge in [-0.05, 0) is 41.5 Å². The summed E-state index contributed by atoms with van der Waals surface area (Å²) in [6.07, 6.45) is -0.899. The molecule has 0 saturated carbocycles. The van der Waals surface area contributed by atoms with Crippen LogP contribution in [0.1, 0.15) is 27.6 Å². The van der Waals surface area contributed by atoms with Crippen molar-refractivity contribution in [2.75, 3.05) is 12.4 Å². The lowest BCUT2D eigenvalue weighted by atomic mass is 9.96. The van der Waals surface area contributed by atoms with Crippen LogP contribution in [0.2, 0.25) is 0 Å². The standard InChI is InChI=1S/C21H19NO3/c1-25-17-13-11-15(12-14-17)20(23)18-9-5-6-10-19(18)21(24)22-16-7-3-2-4-8-16/h2-14,20,23H,1H3,(H,22,24)/t20-/m1/s1. The Morgan fingerprint density at radius 1 is 0.920 bits per heavy atom. The predicted molar refractivity (Wildman–Crippen MR) is 97.9 cm³/mol. The minimum Gasteiger partial charge on any atom is -0.497 e. The number of para-hydroxylation sites is 1. The van der Waals surface area contributed by atoms with Gasteiger partial charge in [0.15, 0.2) is 0 Å². The number of rotatable bonds is 5. The fourth-order valence-corrected chi connectivity index (χ4v) is 2.63. The number of anilines is 1. The molecule has 4 nitrogen and oxygen atoms in total. The summed E-state index contributed by atoms with van der Waals surface area (Å²) < 4.78 is 5.14. The summed E-state index contributed by atoms with van der Waals surface area (Å²) in [5.74, 6) is 0.459. The molecule has 0 radical (unpaired) electrons. The number of aliphatic hydroxyl groups excluding tert-OH is 1. The normalized spacial score (nSPS) is 11.6. The maximum Gasteiger partial charge on any atom is 0.256 e. The van der Waals surface area contributed by atoms with Crippen LogP contribution in [0.25, 0.3) is 0 Å². The van der Waals surface area contributed by atoms with E-state index in [4.69, 9.17) is 4.74 Å². The Morgan fingerprint density at radius 2 is 1.56 bits per heavy atom. The van der Waals surface area contributed by atoms with E-state index in [0.29, 0.717) is 28.1 Å². The SMILES string of the molecule is COc1ccc([C@@H](O)c2ccccc2C(=O)Nc2ccccc2)cc1. The third kappa shape index (κ3) is 3.87. The second-order valence-electron chi connectivity index (χ2n) is 5.58. The molecule has 0 spiro atoms. The fraction of sp³-hybridized carbons (Fsp3) is 0.0952. The zero-order chi connectivity index (χ0) is 17.6. The maximum atomic E-state index is 12.6. The molecule has 25 heavy (non-hydrogen) atoms. The van der Waals surface area contributed by atoms with Crippen LogP contribution >= 0.6 is 0 Å². The molecule has 3 aromatic rings. The summed E-state index contributed by atoms with van der Waals surface area (Å²) in [6, 6.07) is 23.4. The van der Waals surface area contributed by atoms with Crippen molar-refractivity contribution >= 4 is 11.6 Å². The highest BCUT2D eigenvalue weighted by Crippen LogP contribution is 2.27. The molecule has 3 rings (SSSR count). The van der Waals surface area contributed by atoms with Gasteiger partial charge >= 0.3 is 0 Å². The number of hydrogen-bond donors (Lipinski definition) is 2. The molecule has 2 N–H and O–H groups in total.